The number of piperidine rings is 2. The Balaban J connectivity index is 1.77. The maximum atomic E-state index is 5.44. The van der Waals surface area contributed by atoms with E-state index in [1.165, 1.54) is 45.2 Å². The molecule has 1 aliphatic carbocycles. The normalized spacial score (nSPS) is 33.4. The van der Waals surface area contributed by atoms with Crippen molar-refractivity contribution in [3.63, 3.8) is 0 Å². The Labute approximate surface area is 115 Å². The molecule has 2 aliphatic heterocycles. The molecule has 0 saturated carbocycles. The Morgan fingerprint density at radius 2 is 2.00 bits per heavy atom. The van der Waals surface area contributed by atoms with Crippen molar-refractivity contribution in [2.75, 3.05) is 20.2 Å². The van der Waals surface area contributed by atoms with Gasteiger partial charge in [0.1, 0.15) is 5.75 Å². The van der Waals surface area contributed by atoms with Gasteiger partial charge in [0, 0.05) is 12.0 Å². The van der Waals surface area contributed by atoms with Crippen molar-refractivity contribution in [3.05, 3.63) is 29.3 Å². The molecule has 2 fully saturated rings. The third-order valence-electron chi connectivity index (χ3n) is 5.53. The minimum absolute atomic E-state index is 0.762. The van der Waals surface area contributed by atoms with Crippen molar-refractivity contribution in [1.82, 2.24) is 4.90 Å². The minimum Gasteiger partial charge on any atom is -0.497 e. The van der Waals surface area contributed by atoms with Gasteiger partial charge in [-0.15, -0.1) is 0 Å². The first-order chi connectivity index (χ1) is 9.36. The third-order valence-corrected chi connectivity index (χ3v) is 5.53. The van der Waals surface area contributed by atoms with E-state index < -0.39 is 0 Å². The summed E-state index contributed by atoms with van der Waals surface area (Å²) in [4.78, 5) is 2.78. The zero-order valence-corrected chi connectivity index (χ0v) is 11.8. The number of nitrogens with zero attached hydrogens (tertiary/aromatic N) is 1. The summed E-state index contributed by atoms with van der Waals surface area (Å²) < 4.78 is 5.44. The molecule has 0 spiro atoms. The highest BCUT2D eigenvalue weighted by atomic mass is 16.5. The van der Waals surface area contributed by atoms with Crippen LogP contribution >= 0.6 is 0 Å². The summed E-state index contributed by atoms with van der Waals surface area (Å²) in [7, 11) is 1.78. The Morgan fingerprint density at radius 3 is 2.84 bits per heavy atom. The first kappa shape index (κ1) is 11.8. The van der Waals surface area contributed by atoms with Gasteiger partial charge in [0.15, 0.2) is 0 Å². The lowest BCUT2D eigenvalue weighted by atomic mass is 9.66. The van der Waals surface area contributed by atoms with E-state index in [4.69, 9.17) is 4.74 Å². The predicted octanol–water partition coefficient (Wildman–Crippen LogP) is 3.21. The number of benzene rings is 1. The highest BCUT2D eigenvalue weighted by molar-refractivity contribution is 5.41. The van der Waals surface area contributed by atoms with Gasteiger partial charge in [0.05, 0.1) is 7.11 Å². The van der Waals surface area contributed by atoms with Gasteiger partial charge < -0.3 is 4.74 Å². The Bertz CT molecular complexity index is 482. The second-order valence-electron chi connectivity index (χ2n) is 6.45. The van der Waals surface area contributed by atoms with Gasteiger partial charge in [0.25, 0.3) is 0 Å². The molecule has 0 unspecified atom stereocenters. The number of hydrogen-bond donors (Lipinski definition) is 0. The summed E-state index contributed by atoms with van der Waals surface area (Å²) in [6.45, 7) is 2.66. The van der Waals surface area contributed by atoms with E-state index in [2.05, 4.69) is 23.1 Å². The first-order valence-corrected chi connectivity index (χ1v) is 7.77. The number of methoxy groups -OCH3 is 1. The van der Waals surface area contributed by atoms with E-state index in [0.717, 1.165) is 23.6 Å². The molecule has 102 valence electrons. The number of rotatable bonds is 1. The molecule has 19 heavy (non-hydrogen) atoms. The van der Waals surface area contributed by atoms with Crippen molar-refractivity contribution in [1.29, 1.82) is 0 Å². The summed E-state index contributed by atoms with van der Waals surface area (Å²) in [5.74, 6) is 2.70. The molecule has 0 bridgehead atoms. The van der Waals surface area contributed by atoms with Crippen molar-refractivity contribution in [3.8, 4) is 5.75 Å². The van der Waals surface area contributed by atoms with Crippen LogP contribution in [0.3, 0.4) is 0 Å². The summed E-state index contributed by atoms with van der Waals surface area (Å²) in [6.07, 6.45) is 6.86. The smallest absolute Gasteiger partial charge is 0.119 e. The van der Waals surface area contributed by atoms with E-state index in [0.29, 0.717) is 0 Å². The molecular weight excluding hydrogens is 234 g/mol. The molecule has 2 heterocycles. The fraction of sp³-hybridized carbons (Fsp3) is 0.647. The molecule has 1 aromatic rings. The lowest BCUT2D eigenvalue weighted by molar-refractivity contribution is 0.0349. The van der Waals surface area contributed by atoms with Gasteiger partial charge in [-0.05, 0) is 74.4 Å². The van der Waals surface area contributed by atoms with Crippen LogP contribution in [0.2, 0.25) is 0 Å². The van der Waals surface area contributed by atoms with Crippen LogP contribution in [0.25, 0.3) is 0 Å². The van der Waals surface area contributed by atoms with Crippen LogP contribution in [-0.4, -0.2) is 31.1 Å². The topological polar surface area (TPSA) is 12.5 Å². The first-order valence-electron chi connectivity index (χ1n) is 7.77. The molecule has 4 rings (SSSR count). The summed E-state index contributed by atoms with van der Waals surface area (Å²) in [5.41, 5.74) is 3.18. The highest BCUT2D eigenvalue weighted by Crippen LogP contribution is 2.47. The Hall–Kier alpha value is -1.02. The number of ether oxygens (including phenoxy) is 1. The van der Waals surface area contributed by atoms with E-state index in [1.54, 1.807) is 18.2 Å². The average molecular weight is 257 g/mol. The molecular formula is C17H23NO. The van der Waals surface area contributed by atoms with Crippen molar-refractivity contribution in [2.24, 2.45) is 5.92 Å². The number of fused-ring (bicyclic) bond motifs is 2. The largest absolute Gasteiger partial charge is 0.497 e. The fourth-order valence-corrected chi connectivity index (χ4v) is 4.78. The van der Waals surface area contributed by atoms with E-state index in [-0.39, 0.29) is 0 Å². The molecule has 2 heteroatoms. The van der Waals surface area contributed by atoms with Gasteiger partial charge >= 0.3 is 0 Å². The van der Waals surface area contributed by atoms with Crippen LogP contribution in [0.5, 0.6) is 5.75 Å². The molecule has 0 N–H and O–H groups in total. The molecule has 0 amide bonds. The van der Waals surface area contributed by atoms with Crippen LogP contribution in [-0.2, 0) is 6.42 Å². The predicted molar refractivity (Wildman–Crippen MR) is 76.8 cm³/mol. The zero-order valence-electron chi connectivity index (χ0n) is 11.8. The highest BCUT2D eigenvalue weighted by Gasteiger charge is 2.43. The molecule has 2 saturated heterocycles. The summed E-state index contributed by atoms with van der Waals surface area (Å²) >= 11 is 0. The fourth-order valence-electron chi connectivity index (χ4n) is 4.78. The van der Waals surface area contributed by atoms with Crippen LogP contribution in [0.1, 0.15) is 42.7 Å². The SMILES string of the molecule is COc1ccc2c(c1)[C@@H]1CCCN3CCC[C@@H](C2)[C@@H]13. The van der Waals surface area contributed by atoms with Gasteiger partial charge in [-0.1, -0.05) is 6.07 Å². The van der Waals surface area contributed by atoms with Gasteiger partial charge in [0.2, 0.25) is 0 Å². The molecule has 2 nitrogen and oxygen atoms in total. The van der Waals surface area contributed by atoms with Crippen molar-refractivity contribution >= 4 is 0 Å². The average Bonchev–Trinajstić information content (AvgIpc) is 2.47. The van der Waals surface area contributed by atoms with E-state index in [9.17, 15) is 0 Å². The maximum absolute atomic E-state index is 5.44. The van der Waals surface area contributed by atoms with Gasteiger partial charge in [-0.3, -0.25) is 4.90 Å². The molecule has 1 aromatic carbocycles. The summed E-state index contributed by atoms with van der Waals surface area (Å²) in [5, 5.41) is 0. The third kappa shape index (κ3) is 1.80. The quantitative estimate of drug-likeness (QED) is 0.766. The van der Waals surface area contributed by atoms with Crippen LogP contribution < -0.4 is 4.74 Å². The monoisotopic (exact) mass is 257 g/mol. The van der Waals surface area contributed by atoms with Gasteiger partial charge in [-0.25, -0.2) is 0 Å². The number of hydrogen-bond acceptors (Lipinski definition) is 2. The van der Waals surface area contributed by atoms with Gasteiger partial charge in [-0.2, -0.15) is 0 Å². The second-order valence-corrected chi connectivity index (χ2v) is 6.45. The summed E-state index contributed by atoms with van der Waals surface area (Å²) in [6, 6.07) is 7.59. The van der Waals surface area contributed by atoms with Crippen LogP contribution in [0.4, 0.5) is 0 Å². The molecule has 3 aliphatic rings. The van der Waals surface area contributed by atoms with Crippen LogP contribution in [0.15, 0.2) is 18.2 Å². The second kappa shape index (κ2) is 4.52. The lowest BCUT2D eigenvalue weighted by Crippen LogP contribution is -2.54. The maximum Gasteiger partial charge on any atom is 0.119 e. The van der Waals surface area contributed by atoms with E-state index in [1.807, 2.05) is 0 Å². The lowest BCUT2D eigenvalue weighted by Gasteiger charge is -2.52. The molecule has 0 aromatic heterocycles. The van der Waals surface area contributed by atoms with E-state index >= 15 is 0 Å². The molecule has 3 atom stereocenters. The van der Waals surface area contributed by atoms with Crippen LogP contribution in [0, 0.1) is 5.92 Å². The minimum atomic E-state index is 0.762. The van der Waals surface area contributed by atoms with Crippen molar-refractivity contribution in [2.45, 2.75) is 44.1 Å². The Kier molecular flexibility index (Phi) is 2.80. The zero-order chi connectivity index (χ0) is 12.8. The molecule has 0 radical (unpaired) electrons. The standard InChI is InChI=1S/C17H23NO/c1-19-14-7-6-12-10-13-4-2-8-18-9-3-5-15(17(13)18)16(12)11-14/h6-7,11,13,15,17H,2-5,8-10H2,1H3/t13-,15-,17-/m0/s1. The van der Waals surface area contributed by atoms with Crippen molar-refractivity contribution < 1.29 is 4.74 Å². The Morgan fingerprint density at radius 1 is 1.16 bits per heavy atom.